The molecule has 14 heavy (non-hydrogen) atoms. The van der Waals surface area contributed by atoms with Crippen LogP contribution in [0.1, 0.15) is 18.5 Å². The van der Waals surface area contributed by atoms with Crippen molar-refractivity contribution in [1.82, 2.24) is 14.5 Å². The van der Waals surface area contributed by atoms with Gasteiger partial charge in [-0.3, -0.25) is 4.90 Å². The molecule has 1 aromatic rings. The summed E-state index contributed by atoms with van der Waals surface area (Å²) in [7, 11) is 4.14. The first-order valence-electron chi connectivity index (χ1n) is 5.08. The Balaban J connectivity index is 1.85. The minimum Gasteiger partial charge on any atom is -0.340 e. The highest BCUT2D eigenvalue weighted by atomic mass is 15.2. The van der Waals surface area contributed by atoms with E-state index in [1.54, 1.807) is 0 Å². The van der Waals surface area contributed by atoms with Crippen LogP contribution in [0.3, 0.4) is 0 Å². The van der Waals surface area contributed by atoms with Crippen LogP contribution in [-0.4, -0.2) is 33.6 Å². The number of hydrogen-bond donors (Lipinski definition) is 1. The van der Waals surface area contributed by atoms with Crippen molar-refractivity contribution in [1.29, 1.82) is 0 Å². The van der Waals surface area contributed by atoms with Crippen molar-refractivity contribution in [3.05, 3.63) is 18.2 Å². The molecule has 0 spiro atoms. The van der Waals surface area contributed by atoms with Crippen LogP contribution in [0.2, 0.25) is 0 Å². The van der Waals surface area contributed by atoms with E-state index in [4.69, 9.17) is 5.73 Å². The molecule has 0 amide bonds. The van der Waals surface area contributed by atoms with Crippen molar-refractivity contribution >= 4 is 0 Å². The topological polar surface area (TPSA) is 47.1 Å². The first kappa shape index (κ1) is 9.68. The normalized spacial score (nSPS) is 26.6. The molecule has 1 aliphatic carbocycles. The number of nitrogens with zero attached hydrogens (tertiary/aromatic N) is 3. The third kappa shape index (κ3) is 1.96. The highest BCUT2D eigenvalue weighted by Crippen LogP contribution is 2.23. The van der Waals surface area contributed by atoms with E-state index >= 15 is 0 Å². The van der Waals surface area contributed by atoms with Gasteiger partial charge in [-0.15, -0.1) is 0 Å². The Morgan fingerprint density at radius 3 is 2.86 bits per heavy atom. The Kier molecular flexibility index (Phi) is 2.56. The molecule has 1 aliphatic rings. The Hall–Kier alpha value is -0.870. The zero-order chi connectivity index (χ0) is 10.1. The van der Waals surface area contributed by atoms with Crippen LogP contribution in [0.25, 0.3) is 0 Å². The van der Waals surface area contributed by atoms with Gasteiger partial charge in [-0.1, -0.05) is 0 Å². The SMILES string of the molecule is CN(Cc1cn(C)cn1)C1CC(N)C1. The monoisotopic (exact) mass is 194 g/mol. The van der Waals surface area contributed by atoms with Gasteiger partial charge in [0.15, 0.2) is 0 Å². The highest BCUT2D eigenvalue weighted by molar-refractivity contribution is 4.98. The molecule has 1 heterocycles. The lowest BCUT2D eigenvalue weighted by Gasteiger charge is -2.39. The number of rotatable bonds is 3. The van der Waals surface area contributed by atoms with E-state index in [1.165, 1.54) is 0 Å². The van der Waals surface area contributed by atoms with Crippen molar-refractivity contribution in [2.24, 2.45) is 12.8 Å². The van der Waals surface area contributed by atoms with Gasteiger partial charge in [0.25, 0.3) is 0 Å². The molecule has 0 aliphatic heterocycles. The lowest BCUT2D eigenvalue weighted by atomic mass is 9.86. The van der Waals surface area contributed by atoms with Gasteiger partial charge < -0.3 is 10.3 Å². The Labute approximate surface area is 84.7 Å². The molecule has 4 nitrogen and oxygen atoms in total. The largest absolute Gasteiger partial charge is 0.340 e. The molecular weight excluding hydrogens is 176 g/mol. The maximum absolute atomic E-state index is 5.76. The number of aromatic nitrogens is 2. The molecule has 0 saturated heterocycles. The lowest BCUT2D eigenvalue weighted by molar-refractivity contribution is 0.131. The van der Waals surface area contributed by atoms with Gasteiger partial charge >= 0.3 is 0 Å². The quantitative estimate of drug-likeness (QED) is 0.755. The summed E-state index contributed by atoms with van der Waals surface area (Å²) >= 11 is 0. The fraction of sp³-hybridized carbons (Fsp3) is 0.700. The summed E-state index contributed by atoms with van der Waals surface area (Å²) in [6, 6.07) is 1.08. The minimum atomic E-state index is 0.422. The molecule has 1 aromatic heterocycles. The van der Waals surface area contributed by atoms with Crippen molar-refractivity contribution in [2.45, 2.75) is 31.5 Å². The van der Waals surface area contributed by atoms with E-state index in [-0.39, 0.29) is 0 Å². The number of hydrogen-bond acceptors (Lipinski definition) is 3. The Morgan fingerprint density at radius 2 is 2.36 bits per heavy atom. The molecule has 4 heteroatoms. The molecule has 0 bridgehead atoms. The zero-order valence-electron chi connectivity index (χ0n) is 8.85. The molecule has 0 radical (unpaired) electrons. The van der Waals surface area contributed by atoms with Gasteiger partial charge in [0.1, 0.15) is 0 Å². The van der Waals surface area contributed by atoms with E-state index in [1.807, 2.05) is 17.9 Å². The molecule has 0 aromatic carbocycles. The standard InChI is InChI=1S/C10H18N4/c1-13-5-9(12-7-13)6-14(2)10-3-8(11)4-10/h5,7-8,10H,3-4,6,11H2,1-2H3. The smallest absolute Gasteiger partial charge is 0.0947 e. The average Bonchev–Trinajstić information content (AvgIpc) is 2.45. The van der Waals surface area contributed by atoms with Crippen LogP contribution in [0.15, 0.2) is 12.5 Å². The molecule has 78 valence electrons. The van der Waals surface area contributed by atoms with Crippen LogP contribution < -0.4 is 5.73 Å². The zero-order valence-corrected chi connectivity index (χ0v) is 8.85. The number of nitrogens with two attached hydrogens (primary N) is 1. The van der Waals surface area contributed by atoms with Crippen molar-refractivity contribution in [3.63, 3.8) is 0 Å². The molecule has 0 atom stereocenters. The summed E-state index contributed by atoms with van der Waals surface area (Å²) in [6.07, 6.45) is 6.16. The molecule has 1 fully saturated rings. The summed E-state index contributed by atoms with van der Waals surface area (Å²) in [6.45, 7) is 0.929. The van der Waals surface area contributed by atoms with Crippen LogP contribution >= 0.6 is 0 Å². The maximum Gasteiger partial charge on any atom is 0.0947 e. The third-order valence-corrected chi connectivity index (χ3v) is 2.94. The molecule has 0 unspecified atom stereocenters. The van der Waals surface area contributed by atoms with Crippen LogP contribution in [0.5, 0.6) is 0 Å². The first-order chi connectivity index (χ1) is 6.65. The third-order valence-electron chi connectivity index (χ3n) is 2.94. The molecular formula is C10H18N4. The van der Waals surface area contributed by atoms with Gasteiger partial charge in [-0.25, -0.2) is 4.98 Å². The van der Waals surface area contributed by atoms with Crippen molar-refractivity contribution < 1.29 is 0 Å². The van der Waals surface area contributed by atoms with Crippen molar-refractivity contribution in [2.75, 3.05) is 7.05 Å². The van der Waals surface area contributed by atoms with E-state index in [0.29, 0.717) is 12.1 Å². The fourth-order valence-corrected chi connectivity index (χ4v) is 1.92. The predicted octanol–water partition coefficient (Wildman–Crippen LogP) is 0.342. The predicted molar refractivity (Wildman–Crippen MR) is 55.7 cm³/mol. The molecule has 2 N–H and O–H groups in total. The van der Waals surface area contributed by atoms with Crippen LogP contribution in [0, 0.1) is 0 Å². The summed E-state index contributed by atoms with van der Waals surface area (Å²) < 4.78 is 1.98. The molecule has 2 rings (SSSR count). The Bertz CT molecular complexity index is 301. The summed E-state index contributed by atoms with van der Waals surface area (Å²) in [4.78, 5) is 6.64. The summed E-state index contributed by atoms with van der Waals surface area (Å²) in [5, 5.41) is 0. The van der Waals surface area contributed by atoms with Crippen LogP contribution in [-0.2, 0) is 13.6 Å². The summed E-state index contributed by atoms with van der Waals surface area (Å²) in [5.41, 5.74) is 6.89. The fourth-order valence-electron chi connectivity index (χ4n) is 1.92. The maximum atomic E-state index is 5.76. The van der Waals surface area contributed by atoms with E-state index < -0.39 is 0 Å². The van der Waals surface area contributed by atoms with Crippen molar-refractivity contribution in [3.8, 4) is 0 Å². The number of imidazole rings is 1. The summed E-state index contributed by atoms with van der Waals surface area (Å²) in [5.74, 6) is 0. The lowest BCUT2D eigenvalue weighted by Crippen LogP contribution is -2.48. The van der Waals surface area contributed by atoms with Gasteiger partial charge in [0.2, 0.25) is 0 Å². The number of aryl methyl sites for hydroxylation is 1. The van der Waals surface area contributed by atoms with E-state index in [0.717, 1.165) is 25.1 Å². The Morgan fingerprint density at radius 1 is 1.64 bits per heavy atom. The first-order valence-corrected chi connectivity index (χ1v) is 5.08. The minimum absolute atomic E-state index is 0.422. The molecule has 1 saturated carbocycles. The second-order valence-corrected chi connectivity index (χ2v) is 4.33. The highest BCUT2D eigenvalue weighted by Gasteiger charge is 2.29. The van der Waals surface area contributed by atoms with Gasteiger partial charge in [0.05, 0.1) is 12.0 Å². The van der Waals surface area contributed by atoms with E-state index in [2.05, 4.69) is 23.1 Å². The van der Waals surface area contributed by atoms with Gasteiger partial charge in [-0.2, -0.15) is 0 Å². The second kappa shape index (κ2) is 3.71. The van der Waals surface area contributed by atoms with E-state index in [9.17, 15) is 0 Å². The van der Waals surface area contributed by atoms with Gasteiger partial charge in [0, 0.05) is 31.9 Å². The van der Waals surface area contributed by atoms with Crippen LogP contribution in [0.4, 0.5) is 0 Å². The average molecular weight is 194 g/mol. The van der Waals surface area contributed by atoms with Gasteiger partial charge in [-0.05, 0) is 19.9 Å². The second-order valence-electron chi connectivity index (χ2n) is 4.33.